The maximum absolute atomic E-state index is 12.3. The van der Waals surface area contributed by atoms with Crippen molar-refractivity contribution in [1.29, 1.82) is 0 Å². The summed E-state index contributed by atoms with van der Waals surface area (Å²) in [4.78, 5) is 15.4. The molecule has 1 aliphatic rings. The lowest BCUT2D eigenvalue weighted by Crippen LogP contribution is -2.37. The highest BCUT2D eigenvalue weighted by molar-refractivity contribution is 5.97. The van der Waals surface area contributed by atoms with Crippen LogP contribution in [-0.4, -0.2) is 17.4 Å². The number of hydrogen-bond acceptors (Lipinski definition) is 1. The highest BCUT2D eigenvalue weighted by atomic mass is 16.1. The first-order chi connectivity index (χ1) is 9.66. The number of carbonyl (C=O) groups excluding carboxylic acids is 1. The van der Waals surface area contributed by atoms with E-state index in [1.54, 1.807) is 0 Å². The molecular weight excluding hydrogens is 248 g/mol. The molecule has 0 saturated heterocycles. The van der Waals surface area contributed by atoms with Crippen molar-refractivity contribution in [3.63, 3.8) is 0 Å². The largest absolute Gasteiger partial charge is 0.351 e. The van der Waals surface area contributed by atoms with E-state index in [0.29, 0.717) is 5.69 Å². The molecule has 1 saturated carbocycles. The summed E-state index contributed by atoms with van der Waals surface area (Å²) in [6.45, 7) is 3.07. The molecule has 2 N–H and O–H groups in total. The zero-order chi connectivity index (χ0) is 14.0. The van der Waals surface area contributed by atoms with Crippen molar-refractivity contribution in [2.45, 2.75) is 39.0 Å². The average molecular weight is 270 g/mol. The predicted octanol–water partition coefficient (Wildman–Crippen LogP) is 3.87. The lowest BCUT2D eigenvalue weighted by molar-refractivity contribution is 0.0915. The Morgan fingerprint density at radius 2 is 2.00 bits per heavy atom. The second-order valence-electron chi connectivity index (χ2n) is 6.32. The third kappa shape index (κ3) is 2.72. The molecule has 3 heteroatoms. The number of rotatable bonds is 3. The Morgan fingerprint density at radius 1 is 1.25 bits per heavy atom. The Balaban J connectivity index is 1.66. The Hall–Kier alpha value is -1.77. The van der Waals surface area contributed by atoms with Crippen molar-refractivity contribution in [2.24, 2.45) is 5.41 Å². The molecule has 1 aromatic heterocycles. The van der Waals surface area contributed by atoms with Crippen LogP contribution in [0.4, 0.5) is 0 Å². The molecule has 1 aromatic carbocycles. The van der Waals surface area contributed by atoms with Crippen molar-refractivity contribution < 1.29 is 4.79 Å². The molecule has 0 atom stereocenters. The van der Waals surface area contributed by atoms with E-state index in [2.05, 4.69) is 17.2 Å². The van der Waals surface area contributed by atoms with Crippen LogP contribution in [0, 0.1) is 5.41 Å². The Kier molecular flexibility index (Phi) is 3.51. The lowest BCUT2D eigenvalue weighted by Gasteiger charge is -2.33. The number of carbonyl (C=O) groups is 1. The number of H-pyrrole nitrogens is 1. The van der Waals surface area contributed by atoms with Gasteiger partial charge in [0, 0.05) is 17.4 Å². The van der Waals surface area contributed by atoms with Crippen molar-refractivity contribution in [1.82, 2.24) is 10.3 Å². The number of fused-ring (bicyclic) bond motifs is 1. The third-order valence-corrected chi connectivity index (χ3v) is 4.51. The van der Waals surface area contributed by atoms with Gasteiger partial charge in [0.15, 0.2) is 0 Å². The molecule has 106 valence electrons. The molecule has 0 unspecified atom stereocenters. The van der Waals surface area contributed by atoms with E-state index in [4.69, 9.17) is 0 Å². The van der Waals surface area contributed by atoms with Crippen LogP contribution in [0.5, 0.6) is 0 Å². The van der Waals surface area contributed by atoms with E-state index in [-0.39, 0.29) is 11.3 Å². The van der Waals surface area contributed by atoms with Crippen LogP contribution in [0.3, 0.4) is 0 Å². The SMILES string of the molecule is CC1(CNC(=O)c2cc3ccccc3[nH]2)CCCCC1. The van der Waals surface area contributed by atoms with Gasteiger partial charge in [0.2, 0.25) is 0 Å². The summed E-state index contributed by atoms with van der Waals surface area (Å²) in [5.41, 5.74) is 1.95. The summed E-state index contributed by atoms with van der Waals surface area (Å²) >= 11 is 0. The molecule has 1 heterocycles. The van der Waals surface area contributed by atoms with Gasteiger partial charge in [-0.3, -0.25) is 4.79 Å². The topological polar surface area (TPSA) is 44.9 Å². The second-order valence-corrected chi connectivity index (χ2v) is 6.32. The standard InChI is InChI=1S/C17H22N2O/c1-17(9-5-2-6-10-17)12-18-16(20)15-11-13-7-3-4-8-14(13)19-15/h3-4,7-8,11,19H,2,5-6,9-10,12H2,1H3,(H,18,20). The number of amides is 1. The van der Waals surface area contributed by atoms with E-state index >= 15 is 0 Å². The van der Waals surface area contributed by atoms with Gasteiger partial charge in [-0.05, 0) is 30.4 Å². The normalized spacial score (nSPS) is 18.1. The highest BCUT2D eigenvalue weighted by Gasteiger charge is 2.27. The van der Waals surface area contributed by atoms with Crippen LogP contribution in [0.25, 0.3) is 10.9 Å². The van der Waals surface area contributed by atoms with Crippen LogP contribution < -0.4 is 5.32 Å². The number of benzene rings is 1. The monoisotopic (exact) mass is 270 g/mol. The van der Waals surface area contributed by atoms with Gasteiger partial charge in [-0.2, -0.15) is 0 Å². The summed E-state index contributed by atoms with van der Waals surface area (Å²) < 4.78 is 0. The van der Waals surface area contributed by atoms with Gasteiger partial charge in [-0.15, -0.1) is 0 Å². The fourth-order valence-corrected chi connectivity index (χ4v) is 3.17. The summed E-state index contributed by atoms with van der Waals surface area (Å²) in [5, 5.41) is 4.18. The zero-order valence-corrected chi connectivity index (χ0v) is 12.0. The van der Waals surface area contributed by atoms with Crippen LogP contribution in [-0.2, 0) is 0 Å². The van der Waals surface area contributed by atoms with Crippen LogP contribution in [0.15, 0.2) is 30.3 Å². The van der Waals surface area contributed by atoms with E-state index in [0.717, 1.165) is 17.4 Å². The minimum Gasteiger partial charge on any atom is -0.351 e. The average Bonchev–Trinajstić information content (AvgIpc) is 2.89. The minimum atomic E-state index is 0.00741. The Bertz CT molecular complexity index is 575. The number of hydrogen-bond donors (Lipinski definition) is 2. The molecular formula is C17H22N2O. The lowest BCUT2D eigenvalue weighted by atomic mass is 9.76. The van der Waals surface area contributed by atoms with E-state index < -0.39 is 0 Å². The summed E-state index contributed by atoms with van der Waals surface area (Å²) in [5.74, 6) is 0.00741. The molecule has 3 rings (SSSR count). The molecule has 2 aromatic rings. The third-order valence-electron chi connectivity index (χ3n) is 4.51. The van der Waals surface area contributed by atoms with Crippen molar-refractivity contribution >= 4 is 16.8 Å². The smallest absolute Gasteiger partial charge is 0.267 e. The Morgan fingerprint density at radius 3 is 2.75 bits per heavy atom. The number of aromatic nitrogens is 1. The summed E-state index contributed by atoms with van der Waals surface area (Å²) in [7, 11) is 0. The van der Waals surface area contributed by atoms with E-state index in [1.165, 1.54) is 32.1 Å². The second kappa shape index (κ2) is 5.31. The maximum Gasteiger partial charge on any atom is 0.267 e. The van der Waals surface area contributed by atoms with Gasteiger partial charge >= 0.3 is 0 Å². The molecule has 1 aliphatic carbocycles. The first-order valence-corrected chi connectivity index (χ1v) is 7.52. The molecule has 0 bridgehead atoms. The van der Waals surface area contributed by atoms with Crippen LogP contribution in [0.2, 0.25) is 0 Å². The predicted molar refractivity (Wildman–Crippen MR) is 81.8 cm³/mol. The van der Waals surface area contributed by atoms with E-state index in [9.17, 15) is 4.79 Å². The fourth-order valence-electron chi connectivity index (χ4n) is 3.17. The van der Waals surface area contributed by atoms with Gasteiger partial charge in [0.25, 0.3) is 5.91 Å². The van der Waals surface area contributed by atoms with Gasteiger partial charge in [0.05, 0.1) is 0 Å². The highest BCUT2D eigenvalue weighted by Crippen LogP contribution is 2.34. The van der Waals surface area contributed by atoms with Crippen LogP contribution in [0.1, 0.15) is 49.5 Å². The van der Waals surface area contributed by atoms with Gasteiger partial charge in [-0.1, -0.05) is 44.4 Å². The first kappa shape index (κ1) is 13.2. The number of para-hydroxylation sites is 1. The van der Waals surface area contributed by atoms with Crippen molar-refractivity contribution in [2.75, 3.05) is 6.54 Å². The molecule has 1 amide bonds. The van der Waals surface area contributed by atoms with Crippen molar-refractivity contribution in [3.05, 3.63) is 36.0 Å². The minimum absolute atomic E-state index is 0.00741. The zero-order valence-electron chi connectivity index (χ0n) is 12.0. The number of nitrogens with one attached hydrogen (secondary N) is 2. The summed E-state index contributed by atoms with van der Waals surface area (Å²) in [6, 6.07) is 9.90. The van der Waals surface area contributed by atoms with E-state index in [1.807, 2.05) is 30.3 Å². The molecule has 3 nitrogen and oxygen atoms in total. The van der Waals surface area contributed by atoms with Crippen LogP contribution >= 0.6 is 0 Å². The maximum atomic E-state index is 12.3. The van der Waals surface area contributed by atoms with Gasteiger partial charge < -0.3 is 10.3 Å². The quantitative estimate of drug-likeness (QED) is 0.873. The molecule has 1 fully saturated rings. The molecule has 0 radical (unpaired) electrons. The number of aromatic amines is 1. The molecule has 20 heavy (non-hydrogen) atoms. The summed E-state index contributed by atoms with van der Waals surface area (Å²) in [6.07, 6.45) is 6.36. The fraction of sp³-hybridized carbons (Fsp3) is 0.471. The first-order valence-electron chi connectivity index (χ1n) is 7.52. The molecule has 0 aliphatic heterocycles. The van der Waals surface area contributed by atoms with Gasteiger partial charge in [-0.25, -0.2) is 0 Å². The molecule has 0 spiro atoms. The van der Waals surface area contributed by atoms with Gasteiger partial charge in [0.1, 0.15) is 5.69 Å². The van der Waals surface area contributed by atoms with Crippen molar-refractivity contribution in [3.8, 4) is 0 Å². The Labute approximate surface area is 119 Å².